The molecule has 0 aliphatic rings. The fraction of sp³-hybridized carbons (Fsp3) is 1.00. The second kappa shape index (κ2) is 6.86. The lowest BCUT2D eigenvalue weighted by Crippen LogP contribution is -1.97. The zero-order valence-corrected chi connectivity index (χ0v) is 10.8. The molecule has 0 fully saturated rings. The molecule has 0 saturated carbocycles. The first-order valence-corrected chi connectivity index (χ1v) is 11.7. The number of hydrogen-bond acceptors (Lipinski definition) is 0. The van der Waals surface area contributed by atoms with E-state index in [0.717, 1.165) is 0 Å². The van der Waals surface area contributed by atoms with Crippen molar-refractivity contribution >= 4 is 79.2 Å². The predicted molar refractivity (Wildman–Crippen MR) is 52.5 cm³/mol. The number of halogens is 6. The van der Waals surface area contributed by atoms with Gasteiger partial charge in [-0.25, -0.2) is 0 Å². The highest BCUT2D eigenvalue weighted by Gasteiger charge is 2.13. The van der Waals surface area contributed by atoms with Gasteiger partial charge in [0.2, 0.25) is 0 Å². The zero-order chi connectivity index (χ0) is 8.08. The summed E-state index contributed by atoms with van der Waals surface area (Å²) in [6.45, 7) is 0.160. The highest BCUT2D eigenvalue weighted by atomic mass is 35.8. The van der Waals surface area contributed by atoms with Crippen LogP contribution < -0.4 is 0 Å². The second-order valence-corrected chi connectivity index (χ2v) is 16.7. The minimum atomic E-state index is -2.19. The maximum Gasteiger partial charge on any atom is 0.376 e. The minimum Gasteiger partial charge on any atom is -0.126 e. The molecular formula is CH3Cl6Si2. The molecule has 8 heteroatoms. The van der Waals surface area contributed by atoms with Crippen molar-refractivity contribution in [2.75, 3.05) is 0 Å². The molecule has 0 saturated heterocycles. The van der Waals surface area contributed by atoms with Crippen molar-refractivity contribution in [2.24, 2.45) is 0 Å². The molecule has 0 aromatic rings. The smallest absolute Gasteiger partial charge is 0.126 e. The Morgan fingerprint density at radius 2 is 1.00 bits per heavy atom. The Morgan fingerprint density at radius 3 is 1.00 bits per heavy atom. The third-order valence-corrected chi connectivity index (χ3v) is 0. The van der Waals surface area contributed by atoms with Gasteiger partial charge in [-0.15, -0.1) is 66.5 Å². The Hall–Kier alpha value is 2.17. The number of rotatable bonds is 0. The predicted octanol–water partition coefficient (Wildman–Crippen LogP) is 3.96. The van der Waals surface area contributed by atoms with Crippen LogP contribution in [0.5, 0.6) is 0 Å². The van der Waals surface area contributed by atoms with Gasteiger partial charge in [-0.1, -0.05) is 0 Å². The highest BCUT2D eigenvalue weighted by Crippen LogP contribution is 2.17. The summed E-state index contributed by atoms with van der Waals surface area (Å²) in [6.07, 6.45) is 0. The summed E-state index contributed by atoms with van der Waals surface area (Å²) >= 11 is 30.3. The average molecular weight is 284 g/mol. The molecule has 0 amide bonds. The molecule has 0 atom stereocenters. The summed E-state index contributed by atoms with van der Waals surface area (Å²) in [7, 11) is 0. The monoisotopic (exact) mass is 281 g/mol. The van der Waals surface area contributed by atoms with Gasteiger partial charge in [0.1, 0.15) is 0 Å². The Balaban J connectivity index is 0. The van der Waals surface area contributed by atoms with Crippen molar-refractivity contribution in [3.05, 3.63) is 0 Å². The molecule has 0 spiro atoms. The Morgan fingerprint density at radius 1 is 1.00 bits per heavy atom. The largest absolute Gasteiger partial charge is 0.376 e. The molecule has 0 aromatic heterocycles. The van der Waals surface area contributed by atoms with Gasteiger partial charge in [0.25, 0.3) is 0 Å². The van der Waals surface area contributed by atoms with Crippen LogP contribution in [0.3, 0.4) is 0 Å². The van der Waals surface area contributed by atoms with Gasteiger partial charge in [0.05, 0.1) is 0 Å². The van der Waals surface area contributed by atoms with Crippen LogP contribution in [-0.4, -0.2) is 12.7 Å². The maximum atomic E-state index is 5.20. The van der Waals surface area contributed by atoms with E-state index in [2.05, 4.69) is 0 Å². The van der Waals surface area contributed by atoms with Crippen molar-refractivity contribution in [2.45, 2.75) is 6.55 Å². The molecule has 0 aliphatic heterocycles. The lowest BCUT2D eigenvalue weighted by Gasteiger charge is -1.89. The van der Waals surface area contributed by atoms with E-state index in [1.165, 1.54) is 0 Å². The topological polar surface area (TPSA) is 0 Å². The first kappa shape index (κ1) is 13.7. The van der Waals surface area contributed by atoms with E-state index in [1.54, 1.807) is 6.55 Å². The highest BCUT2D eigenvalue weighted by molar-refractivity contribution is 7.64. The summed E-state index contributed by atoms with van der Waals surface area (Å²) in [5.41, 5.74) is 0. The molecule has 0 nitrogen and oxygen atoms in total. The van der Waals surface area contributed by atoms with E-state index in [4.69, 9.17) is 66.5 Å². The molecule has 0 bridgehead atoms. The van der Waals surface area contributed by atoms with Crippen molar-refractivity contribution in [3.63, 3.8) is 0 Å². The van der Waals surface area contributed by atoms with Crippen LogP contribution in [0, 0.1) is 0 Å². The first-order valence-electron chi connectivity index (χ1n) is 1.63. The maximum absolute atomic E-state index is 5.20. The molecule has 0 aliphatic carbocycles. The van der Waals surface area contributed by atoms with E-state index >= 15 is 0 Å². The minimum absolute atomic E-state index is 1.46. The molecule has 0 rings (SSSR count). The van der Waals surface area contributed by atoms with Crippen LogP contribution in [0.4, 0.5) is 0 Å². The summed E-state index contributed by atoms with van der Waals surface area (Å²) in [4.78, 5) is 0. The van der Waals surface area contributed by atoms with Gasteiger partial charge in [-0.2, -0.15) is 0 Å². The van der Waals surface area contributed by atoms with Gasteiger partial charge >= 0.3 is 12.7 Å². The Bertz CT molecular complexity index is 47.8. The van der Waals surface area contributed by atoms with Gasteiger partial charge in [-0.3, -0.25) is 0 Å². The molecule has 9 heavy (non-hydrogen) atoms. The van der Waals surface area contributed by atoms with Crippen LogP contribution in [0.2, 0.25) is 6.55 Å². The SMILES string of the molecule is C[Si](Cl)(Cl)Cl.Cl[Si](Cl)Cl. The molecule has 1 radical (unpaired) electrons. The molecule has 0 aromatic carbocycles. The molecule has 0 N–H and O–H groups in total. The van der Waals surface area contributed by atoms with Crippen LogP contribution in [0.1, 0.15) is 0 Å². The van der Waals surface area contributed by atoms with E-state index < -0.39 is 12.7 Å². The third kappa shape index (κ3) is 144. The van der Waals surface area contributed by atoms with Gasteiger partial charge in [0, 0.05) is 0 Å². The summed E-state index contributed by atoms with van der Waals surface area (Å²) in [5.74, 6) is 0. The van der Waals surface area contributed by atoms with Crippen LogP contribution >= 0.6 is 66.5 Å². The van der Waals surface area contributed by atoms with Crippen LogP contribution in [0.25, 0.3) is 0 Å². The van der Waals surface area contributed by atoms with Crippen molar-refractivity contribution in [1.82, 2.24) is 0 Å². The normalized spacial score (nSPS) is 10.7. The molecule has 57 valence electrons. The molecule has 0 unspecified atom stereocenters. The molecular weight excluding hydrogens is 281 g/mol. The second-order valence-electron chi connectivity index (χ2n) is 0.996. The van der Waals surface area contributed by atoms with Crippen molar-refractivity contribution in [1.29, 1.82) is 0 Å². The Kier molecular flexibility index (Phi) is 10.5. The van der Waals surface area contributed by atoms with Gasteiger partial charge in [0.15, 0.2) is 0 Å². The standard InChI is InChI=1S/CH3Cl3Si.Cl3Si/c1-5(2,3)4;1-4(2)3/h1H3;. The lowest BCUT2D eigenvalue weighted by molar-refractivity contribution is 2.31. The quantitative estimate of drug-likeness (QED) is 0.466. The van der Waals surface area contributed by atoms with Crippen molar-refractivity contribution < 1.29 is 0 Å². The van der Waals surface area contributed by atoms with Crippen molar-refractivity contribution in [3.8, 4) is 0 Å². The summed E-state index contributed by atoms with van der Waals surface area (Å²) < 4.78 is 0. The molecule has 0 heterocycles. The lowest BCUT2D eigenvalue weighted by atomic mass is 11.9. The van der Waals surface area contributed by atoms with Crippen LogP contribution in [-0.2, 0) is 0 Å². The van der Waals surface area contributed by atoms with Gasteiger partial charge < -0.3 is 0 Å². The zero-order valence-electron chi connectivity index (χ0n) is 4.27. The fourth-order valence-electron chi connectivity index (χ4n) is 0. The number of hydrogen-bond donors (Lipinski definition) is 0. The summed E-state index contributed by atoms with van der Waals surface area (Å²) in [5, 5.41) is 0. The van der Waals surface area contributed by atoms with E-state index in [0.29, 0.717) is 0 Å². The van der Waals surface area contributed by atoms with E-state index in [1.807, 2.05) is 0 Å². The van der Waals surface area contributed by atoms with Crippen LogP contribution in [0.15, 0.2) is 0 Å². The van der Waals surface area contributed by atoms with Gasteiger partial charge in [-0.05, 0) is 6.55 Å². The third-order valence-electron chi connectivity index (χ3n) is 0. The van der Waals surface area contributed by atoms with E-state index in [9.17, 15) is 0 Å². The fourth-order valence-corrected chi connectivity index (χ4v) is 0. The average Bonchev–Trinajstić information content (AvgIpc) is 1.19. The first-order chi connectivity index (χ1) is 3.73. The summed E-state index contributed by atoms with van der Waals surface area (Å²) in [6, 6.07) is -2.19. The van der Waals surface area contributed by atoms with E-state index in [-0.39, 0.29) is 0 Å². The Labute approximate surface area is 85.2 Å².